The summed E-state index contributed by atoms with van der Waals surface area (Å²) in [6.07, 6.45) is 5.05. The standard InChI is InChI=1S/C19H21F2N5O2/c1-12-6-13(24-8-17(12)28-11-19(2,20)21)9-26-10-14-15(25-26)4-5-23-16(14)7-18(27)22-3/h4-6,8,10H,7,9,11H2,1-3H3,(H,22,27). The molecule has 3 aromatic heterocycles. The quantitative estimate of drug-likeness (QED) is 0.671. The van der Waals surface area contributed by atoms with Crippen molar-refractivity contribution in [1.82, 2.24) is 25.1 Å². The number of alkyl halides is 2. The van der Waals surface area contributed by atoms with E-state index in [1.807, 2.05) is 6.20 Å². The molecule has 148 valence electrons. The number of hydrogen-bond donors (Lipinski definition) is 1. The van der Waals surface area contributed by atoms with Crippen molar-refractivity contribution >= 4 is 16.8 Å². The van der Waals surface area contributed by atoms with E-state index in [4.69, 9.17) is 4.74 Å². The van der Waals surface area contributed by atoms with Crippen molar-refractivity contribution in [3.8, 4) is 5.75 Å². The molecule has 1 amide bonds. The van der Waals surface area contributed by atoms with Gasteiger partial charge < -0.3 is 10.1 Å². The van der Waals surface area contributed by atoms with Gasteiger partial charge in [-0.05, 0) is 24.6 Å². The molecular formula is C19H21F2N5O2. The van der Waals surface area contributed by atoms with Crippen LogP contribution in [0.3, 0.4) is 0 Å². The molecule has 9 heteroatoms. The van der Waals surface area contributed by atoms with Crippen LogP contribution in [-0.4, -0.2) is 45.2 Å². The van der Waals surface area contributed by atoms with Crippen molar-refractivity contribution in [3.63, 3.8) is 0 Å². The van der Waals surface area contributed by atoms with Crippen molar-refractivity contribution in [2.24, 2.45) is 0 Å². The summed E-state index contributed by atoms with van der Waals surface area (Å²) in [5.41, 5.74) is 2.81. The minimum atomic E-state index is -2.90. The van der Waals surface area contributed by atoms with E-state index in [1.54, 1.807) is 37.0 Å². The van der Waals surface area contributed by atoms with Crippen molar-refractivity contribution < 1.29 is 18.3 Å². The zero-order valence-electron chi connectivity index (χ0n) is 15.9. The number of carbonyl (C=O) groups excluding carboxylic acids is 1. The molecule has 0 unspecified atom stereocenters. The molecule has 0 saturated carbocycles. The van der Waals surface area contributed by atoms with Crippen LogP contribution in [0.25, 0.3) is 10.9 Å². The van der Waals surface area contributed by atoms with Gasteiger partial charge in [0.15, 0.2) is 6.61 Å². The van der Waals surface area contributed by atoms with Crippen LogP contribution in [0.2, 0.25) is 0 Å². The van der Waals surface area contributed by atoms with Crippen LogP contribution in [0, 0.1) is 6.92 Å². The maximum absolute atomic E-state index is 13.0. The topological polar surface area (TPSA) is 81.9 Å². The Morgan fingerprint density at radius 1 is 1.36 bits per heavy atom. The van der Waals surface area contributed by atoms with Gasteiger partial charge in [-0.3, -0.25) is 19.4 Å². The predicted molar refractivity (Wildman–Crippen MR) is 99.5 cm³/mol. The van der Waals surface area contributed by atoms with Crippen molar-refractivity contribution in [2.45, 2.75) is 32.7 Å². The third-order valence-corrected chi connectivity index (χ3v) is 4.10. The first-order valence-corrected chi connectivity index (χ1v) is 8.73. The van der Waals surface area contributed by atoms with E-state index in [9.17, 15) is 13.6 Å². The summed E-state index contributed by atoms with van der Waals surface area (Å²) < 4.78 is 32.8. The zero-order chi connectivity index (χ0) is 20.3. The van der Waals surface area contributed by atoms with E-state index in [0.717, 1.165) is 17.8 Å². The van der Waals surface area contributed by atoms with E-state index in [1.165, 1.54) is 6.20 Å². The lowest BCUT2D eigenvalue weighted by Gasteiger charge is -2.14. The number of aromatic nitrogens is 4. The fourth-order valence-electron chi connectivity index (χ4n) is 2.72. The monoisotopic (exact) mass is 389 g/mol. The van der Waals surface area contributed by atoms with Crippen molar-refractivity contribution in [1.29, 1.82) is 0 Å². The second kappa shape index (κ2) is 7.87. The van der Waals surface area contributed by atoms with Gasteiger partial charge in [-0.1, -0.05) is 0 Å². The van der Waals surface area contributed by atoms with E-state index < -0.39 is 12.5 Å². The summed E-state index contributed by atoms with van der Waals surface area (Å²) in [7, 11) is 1.58. The highest BCUT2D eigenvalue weighted by Crippen LogP contribution is 2.21. The Labute approximate surface area is 160 Å². The largest absolute Gasteiger partial charge is 0.485 e. The maximum Gasteiger partial charge on any atom is 0.278 e. The molecule has 0 bridgehead atoms. The lowest BCUT2D eigenvalue weighted by molar-refractivity contribution is -0.119. The van der Waals surface area contributed by atoms with Gasteiger partial charge in [0.2, 0.25) is 5.91 Å². The highest BCUT2D eigenvalue weighted by molar-refractivity contribution is 5.86. The number of pyridine rings is 2. The molecule has 0 spiro atoms. The third-order valence-electron chi connectivity index (χ3n) is 4.10. The Balaban J connectivity index is 1.78. The van der Waals surface area contributed by atoms with E-state index >= 15 is 0 Å². The number of hydrogen-bond acceptors (Lipinski definition) is 5. The zero-order valence-corrected chi connectivity index (χ0v) is 15.9. The SMILES string of the molecule is CNC(=O)Cc1nccc2nn(Cc3cc(C)c(OCC(C)(F)F)cn3)cc12. The van der Waals surface area contributed by atoms with E-state index in [-0.39, 0.29) is 12.3 Å². The second-order valence-corrected chi connectivity index (χ2v) is 6.67. The van der Waals surface area contributed by atoms with Crippen molar-refractivity contribution in [3.05, 3.63) is 47.7 Å². The minimum Gasteiger partial charge on any atom is -0.485 e. The summed E-state index contributed by atoms with van der Waals surface area (Å²) in [5.74, 6) is -2.70. The first-order chi connectivity index (χ1) is 13.2. The van der Waals surface area contributed by atoms with Crippen LogP contribution >= 0.6 is 0 Å². The number of amides is 1. The molecule has 0 saturated heterocycles. The number of rotatable bonds is 7. The number of likely N-dealkylation sites (N-methyl/N-ethyl adjacent to an activating group) is 1. The Kier molecular flexibility index (Phi) is 5.53. The summed E-state index contributed by atoms with van der Waals surface area (Å²) in [5, 5.41) is 7.88. The molecule has 0 atom stereocenters. The summed E-state index contributed by atoms with van der Waals surface area (Å²) in [6, 6.07) is 3.55. The highest BCUT2D eigenvalue weighted by atomic mass is 19.3. The van der Waals surface area contributed by atoms with Crippen molar-refractivity contribution in [2.75, 3.05) is 13.7 Å². The Hall–Kier alpha value is -3.10. The maximum atomic E-state index is 13.0. The predicted octanol–water partition coefficient (Wildman–Crippen LogP) is 2.51. The van der Waals surface area contributed by atoms with Gasteiger partial charge in [0.1, 0.15) is 5.75 Å². The lowest BCUT2D eigenvalue weighted by atomic mass is 10.2. The lowest BCUT2D eigenvalue weighted by Crippen LogP contribution is -2.21. The smallest absolute Gasteiger partial charge is 0.278 e. The van der Waals surface area contributed by atoms with Crippen LogP contribution < -0.4 is 10.1 Å². The molecular weight excluding hydrogens is 368 g/mol. The van der Waals surface area contributed by atoms with Gasteiger partial charge in [-0.15, -0.1) is 0 Å². The summed E-state index contributed by atoms with van der Waals surface area (Å²) >= 11 is 0. The van der Waals surface area contributed by atoms with Crippen LogP contribution in [0.5, 0.6) is 5.75 Å². The van der Waals surface area contributed by atoms with Gasteiger partial charge in [0.05, 0.1) is 36.1 Å². The molecule has 0 fully saturated rings. The van der Waals surface area contributed by atoms with Gasteiger partial charge >= 0.3 is 0 Å². The van der Waals surface area contributed by atoms with Crippen LogP contribution in [-0.2, 0) is 17.8 Å². The first-order valence-electron chi connectivity index (χ1n) is 8.73. The van der Waals surface area contributed by atoms with Gasteiger partial charge in [-0.2, -0.15) is 5.10 Å². The molecule has 1 N–H and O–H groups in total. The molecule has 3 rings (SSSR count). The second-order valence-electron chi connectivity index (χ2n) is 6.67. The molecule has 0 aromatic carbocycles. The molecule has 7 nitrogen and oxygen atoms in total. The molecule has 3 aromatic rings. The number of nitrogens with one attached hydrogen (secondary N) is 1. The molecule has 28 heavy (non-hydrogen) atoms. The van der Waals surface area contributed by atoms with Crippen LogP contribution in [0.4, 0.5) is 8.78 Å². The fraction of sp³-hybridized carbons (Fsp3) is 0.368. The van der Waals surface area contributed by atoms with Crippen LogP contribution in [0.15, 0.2) is 30.7 Å². The molecule has 0 aliphatic heterocycles. The summed E-state index contributed by atoms with van der Waals surface area (Å²) in [6.45, 7) is 2.28. The number of aryl methyl sites for hydroxylation is 1. The normalized spacial score (nSPS) is 11.6. The number of ether oxygens (including phenoxy) is 1. The van der Waals surface area contributed by atoms with Gasteiger partial charge in [-0.25, -0.2) is 8.78 Å². The summed E-state index contributed by atoms with van der Waals surface area (Å²) in [4.78, 5) is 20.2. The molecule has 3 heterocycles. The number of nitrogens with zero attached hydrogens (tertiary/aromatic N) is 4. The molecule has 0 aliphatic rings. The number of fused-ring (bicyclic) bond motifs is 1. The fourth-order valence-corrected chi connectivity index (χ4v) is 2.72. The average molecular weight is 389 g/mol. The van der Waals surface area contributed by atoms with Gasteiger partial charge in [0.25, 0.3) is 5.92 Å². The average Bonchev–Trinajstić information content (AvgIpc) is 3.03. The number of carbonyl (C=O) groups is 1. The van der Waals surface area contributed by atoms with Crippen LogP contribution in [0.1, 0.15) is 23.9 Å². The molecule has 0 aliphatic carbocycles. The Morgan fingerprint density at radius 2 is 2.14 bits per heavy atom. The third kappa shape index (κ3) is 4.79. The highest BCUT2D eigenvalue weighted by Gasteiger charge is 2.22. The van der Waals surface area contributed by atoms with Gasteiger partial charge in [0, 0.05) is 31.8 Å². The first kappa shape index (κ1) is 19.7. The van der Waals surface area contributed by atoms with E-state index in [2.05, 4.69) is 20.4 Å². The minimum absolute atomic E-state index is 0.127. The number of halogens is 2. The molecule has 0 radical (unpaired) electrons. The Bertz CT molecular complexity index is 998. The van der Waals surface area contributed by atoms with E-state index in [0.29, 0.717) is 29.2 Å². The Morgan fingerprint density at radius 3 is 2.82 bits per heavy atom.